The van der Waals surface area contributed by atoms with E-state index in [0.717, 1.165) is 17.1 Å². The first-order valence-corrected chi connectivity index (χ1v) is 9.14. The van der Waals surface area contributed by atoms with Gasteiger partial charge in [-0.3, -0.25) is 0 Å². The predicted molar refractivity (Wildman–Crippen MR) is 108 cm³/mol. The number of benzene rings is 2. The summed E-state index contributed by atoms with van der Waals surface area (Å²) < 4.78 is 13.6. The maximum atomic E-state index is 5.86. The van der Waals surface area contributed by atoms with Crippen LogP contribution in [0.5, 0.6) is 11.5 Å². The lowest BCUT2D eigenvalue weighted by Gasteiger charge is -2.10. The molecule has 2 aromatic carbocycles. The van der Waals surface area contributed by atoms with Crippen molar-refractivity contribution in [2.75, 3.05) is 6.61 Å². The Morgan fingerprint density at radius 3 is 2.63 bits per heavy atom. The molecular formula is C20H22N4O2S. The van der Waals surface area contributed by atoms with Crippen LogP contribution in [0, 0.1) is 10.7 Å². The highest BCUT2D eigenvalue weighted by Crippen LogP contribution is 2.17. The molecule has 1 N–H and O–H groups in total. The minimum Gasteiger partial charge on any atom is -0.493 e. The number of hydrogen-bond donors (Lipinski definition) is 1. The molecule has 6 nitrogen and oxygen atoms in total. The van der Waals surface area contributed by atoms with Gasteiger partial charge in [0.15, 0.2) is 5.82 Å². The Morgan fingerprint density at radius 1 is 1.11 bits per heavy atom. The molecule has 0 saturated heterocycles. The first-order valence-electron chi connectivity index (χ1n) is 8.74. The molecule has 0 aliphatic carbocycles. The van der Waals surface area contributed by atoms with E-state index in [2.05, 4.69) is 29.1 Å². The summed E-state index contributed by atoms with van der Waals surface area (Å²) in [5.74, 6) is 2.57. The van der Waals surface area contributed by atoms with E-state index in [-0.39, 0.29) is 6.61 Å². The lowest BCUT2D eigenvalue weighted by atomic mass is 10.2. The maximum absolute atomic E-state index is 5.86. The molecule has 140 valence electrons. The average molecular weight is 382 g/mol. The van der Waals surface area contributed by atoms with Crippen molar-refractivity contribution in [1.29, 1.82) is 0 Å². The van der Waals surface area contributed by atoms with Crippen LogP contribution < -0.4 is 9.47 Å². The Kier molecular flexibility index (Phi) is 6.38. The molecule has 27 heavy (non-hydrogen) atoms. The second-order valence-corrected chi connectivity index (χ2v) is 6.73. The number of hydrogen-bond acceptors (Lipinski definition) is 5. The number of rotatable bonds is 8. The van der Waals surface area contributed by atoms with Crippen molar-refractivity contribution in [3.05, 3.63) is 70.8 Å². The van der Waals surface area contributed by atoms with Crippen molar-refractivity contribution in [2.24, 2.45) is 11.0 Å². The van der Waals surface area contributed by atoms with Crippen LogP contribution in [0.2, 0.25) is 0 Å². The van der Waals surface area contributed by atoms with Crippen molar-refractivity contribution in [3.8, 4) is 11.5 Å². The molecule has 0 aliphatic rings. The van der Waals surface area contributed by atoms with Crippen molar-refractivity contribution >= 4 is 18.4 Å². The number of para-hydroxylation sites is 2. The van der Waals surface area contributed by atoms with Crippen LogP contribution in [0.1, 0.15) is 25.2 Å². The van der Waals surface area contributed by atoms with Gasteiger partial charge in [-0.2, -0.15) is 14.9 Å². The summed E-state index contributed by atoms with van der Waals surface area (Å²) in [6.07, 6.45) is 1.72. The van der Waals surface area contributed by atoms with Gasteiger partial charge >= 0.3 is 0 Å². The lowest BCUT2D eigenvalue weighted by molar-refractivity contribution is 0.270. The molecule has 1 aromatic heterocycles. The van der Waals surface area contributed by atoms with Crippen molar-refractivity contribution in [3.63, 3.8) is 0 Å². The molecule has 0 bridgehead atoms. The number of aromatic amines is 1. The topological polar surface area (TPSA) is 64.4 Å². The molecule has 0 fully saturated rings. The minimum absolute atomic E-state index is 0.250. The Morgan fingerprint density at radius 2 is 1.85 bits per heavy atom. The summed E-state index contributed by atoms with van der Waals surface area (Å²) in [6.45, 7) is 5.12. The summed E-state index contributed by atoms with van der Waals surface area (Å²) >= 11 is 5.28. The van der Waals surface area contributed by atoms with Gasteiger partial charge in [0.05, 0.1) is 12.8 Å². The zero-order valence-corrected chi connectivity index (χ0v) is 16.1. The van der Waals surface area contributed by atoms with E-state index >= 15 is 0 Å². The van der Waals surface area contributed by atoms with Crippen LogP contribution in [0.4, 0.5) is 0 Å². The van der Waals surface area contributed by atoms with Gasteiger partial charge in [-0.05, 0) is 42.4 Å². The van der Waals surface area contributed by atoms with Crippen LogP contribution in [0.3, 0.4) is 0 Å². The number of aromatic nitrogens is 3. The molecule has 0 unspecified atom stereocenters. The number of nitrogens with zero attached hydrogens (tertiary/aromatic N) is 3. The van der Waals surface area contributed by atoms with Gasteiger partial charge in [-0.1, -0.05) is 44.2 Å². The number of ether oxygens (including phenoxy) is 2. The van der Waals surface area contributed by atoms with Crippen LogP contribution >= 0.6 is 12.2 Å². The third-order valence-corrected chi connectivity index (χ3v) is 3.90. The van der Waals surface area contributed by atoms with E-state index in [1.807, 2.05) is 54.6 Å². The van der Waals surface area contributed by atoms with Gasteiger partial charge in [0, 0.05) is 5.56 Å². The third kappa shape index (κ3) is 5.27. The van der Waals surface area contributed by atoms with E-state index in [1.165, 1.54) is 0 Å². The minimum atomic E-state index is 0.250. The normalized spacial score (nSPS) is 11.2. The van der Waals surface area contributed by atoms with Gasteiger partial charge in [-0.25, -0.2) is 5.10 Å². The van der Waals surface area contributed by atoms with Crippen molar-refractivity contribution < 1.29 is 9.47 Å². The summed E-state index contributed by atoms with van der Waals surface area (Å²) in [5.41, 5.74) is 0.871. The second kappa shape index (κ2) is 9.14. The monoisotopic (exact) mass is 382 g/mol. The fourth-order valence-corrected chi connectivity index (χ4v) is 2.49. The third-order valence-electron chi connectivity index (χ3n) is 3.63. The van der Waals surface area contributed by atoms with E-state index in [4.69, 9.17) is 21.7 Å². The molecule has 7 heteroatoms. The Hall–Kier alpha value is -2.93. The first-order chi connectivity index (χ1) is 13.1. The van der Waals surface area contributed by atoms with E-state index < -0.39 is 0 Å². The van der Waals surface area contributed by atoms with E-state index in [1.54, 1.807) is 10.9 Å². The van der Waals surface area contributed by atoms with E-state index in [0.29, 0.717) is 23.1 Å². The molecule has 0 radical (unpaired) electrons. The SMILES string of the molecule is CC(C)COc1ccccc1/C=N\n1c(COc2ccccc2)n[nH]c1=S. The average Bonchev–Trinajstić information content (AvgIpc) is 3.04. The van der Waals surface area contributed by atoms with Gasteiger partial charge in [0.1, 0.15) is 18.1 Å². The zero-order chi connectivity index (χ0) is 19.1. The van der Waals surface area contributed by atoms with Gasteiger partial charge in [0.25, 0.3) is 0 Å². The summed E-state index contributed by atoms with van der Waals surface area (Å²) in [4.78, 5) is 0. The van der Waals surface area contributed by atoms with Crippen LogP contribution in [0.15, 0.2) is 59.7 Å². The van der Waals surface area contributed by atoms with Crippen LogP contribution in [0.25, 0.3) is 0 Å². The number of H-pyrrole nitrogens is 1. The molecule has 0 amide bonds. The highest BCUT2D eigenvalue weighted by atomic mass is 32.1. The Bertz CT molecular complexity index is 948. The molecule has 0 saturated carbocycles. The summed E-state index contributed by atoms with van der Waals surface area (Å²) in [5, 5.41) is 11.4. The fourth-order valence-electron chi connectivity index (χ4n) is 2.30. The Balaban J connectivity index is 1.76. The van der Waals surface area contributed by atoms with Crippen molar-refractivity contribution in [1.82, 2.24) is 14.9 Å². The Labute approximate surface area is 163 Å². The second-order valence-electron chi connectivity index (χ2n) is 6.35. The summed E-state index contributed by atoms with van der Waals surface area (Å²) in [6, 6.07) is 17.3. The fraction of sp³-hybridized carbons (Fsp3) is 0.250. The highest BCUT2D eigenvalue weighted by molar-refractivity contribution is 7.71. The van der Waals surface area contributed by atoms with Gasteiger partial charge in [0.2, 0.25) is 4.77 Å². The standard InChI is InChI=1S/C20H22N4O2S/c1-15(2)13-26-18-11-7-6-8-16(18)12-21-24-19(22-23-20(24)27)14-25-17-9-4-3-5-10-17/h3-12,15H,13-14H2,1-2H3,(H,23,27)/b21-12-. The van der Waals surface area contributed by atoms with Crippen molar-refractivity contribution in [2.45, 2.75) is 20.5 Å². The lowest BCUT2D eigenvalue weighted by Crippen LogP contribution is -2.07. The van der Waals surface area contributed by atoms with Crippen LogP contribution in [-0.2, 0) is 6.61 Å². The largest absolute Gasteiger partial charge is 0.493 e. The molecular weight excluding hydrogens is 360 g/mol. The first kappa shape index (κ1) is 18.8. The zero-order valence-electron chi connectivity index (χ0n) is 15.3. The van der Waals surface area contributed by atoms with Crippen LogP contribution in [-0.4, -0.2) is 27.7 Å². The molecule has 1 heterocycles. The molecule has 0 atom stereocenters. The predicted octanol–water partition coefficient (Wildman–Crippen LogP) is 4.44. The molecule has 3 aromatic rings. The maximum Gasteiger partial charge on any atom is 0.216 e. The highest BCUT2D eigenvalue weighted by Gasteiger charge is 2.07. The van der Waals surface area contributed by atoms with Gasteiger partial charge < -0.3 is 9.47 Å². The quantitative estimate of drug-likeness (QED) is 0.462. The smallest absolute Gasteiger partial charge is 0.216 e. The molecule has 0 spiro atoms. The van der Waals surface area contributed by atoms with E-state index in [9.17, 15) is 0 Å². The molecule has 3 rings (SSSR count). The number of nitrogens with one attached hydrogen (secondary N) is 1. The summed E-state index contributed by atoms with van der Waals surface area (Å²) in [7, 11) is 0. The van der Waals surface area contributed by atoms with Gasteiger partial charge in [-0.15, -0.1) is 0 Å². The molecule has 0 aliphatic heterocycles.